The smallest absolute Gasteiger partial charge is 0.331 e. The van der Waals surface area contributed by atoms with Gasteiger partial charge in [-0.2, -0.15) is 10.3 Å². The summed E-state index contributed by atoms with van der Waals surface area (Å²) in [5, 5.41) is 8.10. The van der Waals surface area contributed by atoms with Crippen LogP contribution >= 0.6 is 0 Å². The Morgan fingerprint density at radius 3 is 2.81 bits per heavy atom. The van der Waals surface area contributed by atoms with Crippen molar-refractivity contribution in [1.29, 1.82) is 5.26 Å². The quantitative estimate of drug-likeness (QED) is 0.202. The van der Waals surface area contributed by atoms with Gasteiger partial charge in [-0.15, -0.1) is 0 Å². The lowest BCUT2D eigenvalue weighted by Crippen LogP contribution is -2.21. The topological polar surface area (TPSA) is 88.8 Å². The Hall–Kier alpha value is -1.86. The lowest BCUT2D eigenvalue weighted by Gasteiger charge is -2.08. The van der Waals surface area contributed by atoms with E-state index < -0.39 is 12.0 Å². The average Bonchev–Trinajstić information content (AvgIpc) is 2.27. The van der Waals surface area contributed by atoms with Crippen LogP contribution in [0.5, 0.6) is 0 Å². The van der Waals surface area contributed by atoms with E-state index in [0.717, 1.165) is 0 Å². The molecule has 0 heterocycles. The van der Waals surface area contributed by atoms with Crippen LogP contribution in [0.1, 0.15) is 26.2 Å². The van der Waals surface area contributed by atoms with Gasteiger partial charge in [0, 0.05) is 0 Å². The van der Waals surface area contributed by atoms with E-state index in [2.05, 4.69) is 9.73 Å². The molecule has 16 heavy (non-hydrogen) atoms. The van der Waals surface area contributed by atoms with Crippen molar-refractivity contribution in [3.8, 4) is 6.26 Å². The van der Waals surface area contributed by atoms with E-state index in [9.17, 15) is 9.59 Å². The van der Waals surface area contributed by atoms with Gasteiger partial charge in [0.05, 0.1) is 6.61 Å². The maximum atomic E-state index is 11.3. The van der Waals surface area contributed by atoms with Gasteiger partial charge in [-0.25, -0.2) is 9.59 Å². The van der Waals surface area contributed by atoms with Crippen LogP contribution in [-0.4, -0.2) is 31.3 Å². The highest BCUT2D eigenvalue weighted by atomic mass is 16.5. The number of rotatable bonds is 8. The van der Waals surface area contributed by atoms with Gasteiger partial charge < -0.3 is 9.47 Å². The van der Waals surface area contributed by atoms with Gasteiger partial charge in [0.1, 0.15) is 6.61 Å². The van der Waals surface area contributed by atoms with Gasteiger partial charge in [0.15, 0.2) is 6.04 Å². The molecular weight excluding hydrogens is 212 g/mol. The highest BCUT2D eigenvalue weighted by Crippen LogP contribution is 2.06. The Labute approximate surface area is 93.9 Å². The second kappa shape index (κ2) is 9.69. The number of unbranched alkanes of at least 4 members (excludes halogenated alkanes) is 1. The largest absolute Gasteiger partial charge is 0.464 e. The predicted molar refractivity (Wildman–Crippen MR) is 54.0 cm³/mol. The zero-order valence-electron chi connectivity index (χ0n) is 9.14. The van der Waals surface area contributed by atoms with Crippen molar-refractivity contribution in [2.45, 2.75) is 32.2 Å². The molecule has 0 fully saturated rings. The molecule has 0 aromatic heterocycles. The molecule has 0 amide bonds. The van der Waals surface area contributed by atoms with Gasteiger partial charge in [-0.1, -0.05) is 0 Å². The van der Waals surface area contributed by atoms with E-state index in [4.69, 9.17) is 10.00 Å². The van der Waals surface area contributed by atoms with Crippen molar-refractivity contribution >= 4 is 12.0 Å². The fourth-order valence-electron chi connectivity index (χ4n) is 1.09. The van der Waals surface area contributed by atoms with Crippen LogP contribution < -0.4 is 0 Å². The Bertz CT molecular complexity index is 292. The van der Waals surface area contributed by atoms with Gasteiger partial charge >= 0.3 is 5.97 Å². The molecule has 6 nitrogen and oxygen atoms in total. The standard InChI is InChI=1S/C10H14N2O4/c1-2-16-10(14)9(12-8-13)5-3-4-6-15-7-11/h9H,2-6H2,1H3. The Morgan fingerprint density at radius 1 is 1.50 bits per heavy atom. The number of esters is 1. The number of nitriles is 1. The van der Waals surface area contributed by atoms with Crippen molar-refractivity contribution in [1.82, 2.24) is 0 Å². The summed E-state index contributed by atoms with van der Waals surface area (Å²) in [4.78, 5) is 24.7. The maximum Gasteiger partial charge on any atom is 0.331 e. The first kappa shape index (κ1) is 14.1. The number of carbonyl (C=O) groups excluding carboxylic acids is 2. The minimum absolute atomic E-state index is 0.251. The molecule has 0 aromatic carbocycles. The van der Waals surface area contributed by atoms with Crippen molar-refractivity contribution in [2.24, 2.45) is 4.99 Å². The number of aliphatic imine (C=N–C) groups is 1. The summed E-state index contributed by atoms with van der Waals surface area (Å²) < 4.78 is 9.20. The first-order valence-electron chi connectivity index (χ1n) is 5.00. The lowest BCUT2D eigenvalue weighted by atomic mass is 10.1. The van der Waals surface area contributed by atoms with E-state index in [1.807, 2.05) is 0 Å². The molecule has 0 saturated carbocycles. The number of hydrogen-bond acceptors (Lipinski definition) is 6. The Balaban J connectivity index is 3.90. The molecule has 1 atom stereocenters. The van der Waals surface area contributed by atoms with Crippen molar-refractivity contribution < 1.29 is 19.1 Å². The third-order valence-electron chi connectivity index (χ3n) is 1.81. The van der Waals surface area contributed by atoms with Gasteiger partial charge in [-0.05, 0) is 26.2 Å². The summed E-state index contributed by atoms with van der Waals surface area (Å²) >= 11 is 0. The van der Waals surface area contributed by atoms with Crippen LogP contribution in [0.25, 0.3) is 0 Å². The van der Waals surface area contributed by atoms with Gasteiger partial charge in [-0.3, -0.25) is 0 Å². The average molecular weight is 226 g/mol. The van der Waals surface area contributed by atoms with E-state index in [1.54, 1.807) is 13.2 Å². The minimum Gasteiger partial charge on any atom is -0.464 e. The Kier molecular flexibility index (Phi) is 8.56. The van der Waals surface area contributed by atoms with Gasteiger partial charge in [0.2, 0.25) is 6.08 Å². The second-order valence-electron chi connectivity index (χ2n) is 2.92. The molecule has 0 aliphatic heterocycles. The molecule has 0 bridgehead atoms. The van der Waals surface area contributed by atoms with Crippen LogP contribution in [-0.2, 0) is 19.1 Å². The van der Waals surface area contributed by atoms with E-state index in [1.165, 1.54) is 6.08 Å². The van der Waals surface area contributed by atoms with Crippen molar-refractivity contribution in [3.63, 3.8) is 0 Å². The summed E-state index contributed by atoms with van der Waals surface area (Å²) in [5.74, 6) is -0.521. The predicted octanol–water partition coefficient (Wildman–Crippen LogP) is 0.922. The molecule has 0 spiro atoms. The summed E-state index contributed by atoms with van der Waals surface area (Å²) in [6.07, 6.45) is 4.53. The third kappa shape index (κ3) is 6.57. The number of ether oxygens (including phenoxy) is 2. The molecule has 0 aliphatic rings. The molecule has 1 unspecified atom stereocenters. The molecule has 6 heteroatoms. The molecule has 0 aromatic rings. The molecular formula is C10H14N2O4. The molecule has 0 rings (SSSR count). The van der Waals surface area contributed by atoms with E-state index in [-0.39, 0.29) is 6.61 Å². The normalized spacial score (nSPS) is 10.8. The summed E-state index contributed by atoms with van der Waals surface area (Å²) in [7, 11) is 0. The van der Waals surface area contributed by atoms with Crippen LogP contribution in [0.2, 0.25) is 0 Å². The molecule has 0 aliphatic carbocycles. The molecule has 88 valence electrons. The van der Waals surface area contributed by atoms with E-state index >= 15 is 0 Å². The van der Waals surface area contributed by atoms with Crippen LogP contribution in [0.4, 0.5) is 0 Å². The van der Waals surface area contributed by atoms with Crippen molar-refractivity contribution in [2.75, 3.05) is 13.2 Å². The summed E-state index contributed by atoms with van der Waals surface area (Å²) in [6.45, 7) is 2.23. The number of carbonyl (C=O) groups is 1. The fraction of sp³-hybridized carbons (Fsp3) is 0.700. The number of isocyanates is 1. The summed E-state index contributed by atoms with van der Waals surface area (Å²) in [5.41, 5.74) is 0. The lowest BCUT2D eigenvalue weighted by molar-refractivity contribution is -0.144. The van der Waals surface area contributed by atoms with Gasteiger partial charge in [0.25, 0.3) is 6.26 Å². The molecule has 0 saturated heterocycles. The number of nitrogens with zero attached hydrogens (tertiary/aromatic N) is 2. The fourth-order valence-corrected chi connectivity index (χ4v) is 1.09. The molecule has 0 N–H and O–H groups in total. The minimum atomic E-state index is -0.792. The van der Waals surface area contributed by atoms with Crippen LogP contribution in [0.3, 0.4) is 0 Å². The second-order valence-corrected chi connectivity index (χ2v) is 2.92. The first-order valence-corrected chi connectivity index (χ1v) is 5.00. The monoisotopic (exact) mass is 226 g/mol. The molecule has 0 radical (unpaired) electrons. The number of hydrogen-bond donors (Lipinski definition) is 0. The zero-order chi connectivity index (χ0) is 12.2. The third-order valence-corrected chi connectivity index (χ3v) is 1.81. The van der Waals surface area contributed by atoms with E-state index in [0.29, 0.717) is 25.9 Å². The zero-order valence-corrected chi connectivity index (χ0v) is 9.14. The van der Waals surface area contributed by atoms with Crippen molar-refractivity contribution in [3.05, 3.63) is 0 Å². The van der Waals surface area contributed by atoms with Crippen LogP contribution in [0.15, 0.2) is 4.99 Å². The Morgan fingerprint density at radius 2 is 2.25 bits per heavy atom. The first-order chi connectivity index (χ1) is 7.76. The summed E-state index contributed by atoms with van der Waals surface area (Å²) in [6, 6.07) is -0.792. The van der Waals surface area contributed by atoms with Crippen LogP contribution in [0, 0.1) is 11.5 Å². The highest BCUT2D eigenvalue weighted by Gasteiger charge is 2.17. The SMILES string of the molecule is CCOC(=O)C(CCCCOC#N)N=C=O. The maximum absolute atomic E-state index is 11.3. The highest BCUT2D eigenvalue weighted by molar-refractivity contribution is 5.76.